The summed E-state index contributed by atoms with van der Waals surface area (Å²) in [6.45, 7) is 6.16. The summed E-state index contributed by atoms with van der Waals surface area (Å²) in [5.74, 6) is 0.486. The average Bonchev–Trinajstić information content (AvgIpc) is 2.98. The number of carbonyl (C=O) groups excluding carboxylic acids is 1. The third-order valence-electron chi connectivity index (χ3n) is 3.78. The van der Waals surface area contributed by atoms with Crippen molar-refractivity contribution in [3.05, 3.63) is 48.0 Å². The van der Waals surface area contributed by atoms with Crippen LogP contribution in [-0.2, 0) is 4.79 Å². The fourth-order valence-electron chi connectivity index (χ4n) is 2.35. The van der Waals surface area contributed by atoms with Gasteiger partial charge in [0.25, 0.3) is 0 Å². The zero-order valence-corrected chi connectivity index (χ0v) is 13.6. The Morgan fingerprint density at radius 2 is 1.78 bits per heavy atom. The second-order valence-corrected chi connectivity index (χ2v) is 5.84. The Bertz CT molecular complexity index is 834. The van der Waals surface area contributed by atoms with Gasteiger partial charge >= 0.3 is 0 Å². The van der Waals surface area contributed by atoms with Gasteiger partial charge in [-0.25, -0.2) is 0 Å². The lowest BCUT2D eigenvalue weighted by Gasteiger charge is -2.05. The highest BCUT2D eigenvalue weighted by molar-refractivity contribution is 5.92. The predicted octanol–water partition coefficient (Wildman–Crippen LogP) is 3.89. The van der Waals surface area contributed by atoms with Crippen LogP contribution in [-0.4, -0.2) is 20.9 Å². The molecule has 2 aromatic carbocycles. The summed E-state index contributed by atoms with van der Waals surface area (Å²) in [5, 5.41) is 11.8. The molecule has 0 radical (unpaired) electrons. The quantitative estimate of drug-likeness (QED) is 0.795. The van der Waals surface area contributed by atoms with Crippen molar-refractivity contribution in [2.75, 3.05) is 5.32 Å². The maximum atomic E-state index is 11.5. The van der Waals surface area contributed by atoms with Crippen LogP contribution in [0.4, 0.5) is 5.69 Å². The van der Waals surface area contributed by atoms with Gasteiger partial charge in [0.15, 0.2) is 0 Å². The lowest BCUT2D eigenvalue weighted by molar-refractivity contribution is -0.115. The number of nitrogens with one attached hydrogen (secondary N) is 1. The Morgan fingerprint density at radius 3 is 2.43 bits per heavy atom. The molecule has 0 spiro atoms. The van der Waals surface area contributed by atoms with Gasteiger partial charge in [-0.05, 0) is 41.8 Å². The predicted molar refractivity (Wildman–Crippen MR) is 91.9 cm³/mol. The fourth-order valence-corrected chi connectivity index (χ4v) is 2.35. The molecule has 1 N–H and O–H groups in total. The van der Waals surface area contributed by atoms with Gasteiger partial charge in [-0.15, -0.1) is 10.2 Å². The van der Waals surface area contributed by atoms with Crippen LogP contribution in [0.15, 0.2) is 42.5 Å². The first-order valence-corrected chi connectivity index (χ1v) is 7.84. The number of hydrogen-bond donors (Lipinski definition) is 1. The van der Waals surface area contributed by atoms with Crippen molar-refractivity contribution in [2.24, 2.45) is 0 Å². The molecule has 0 fully saturated rings. The van der Waals surface area contributed by atoms with Gasteiger partial charge in [-0.1, -0.05) is 32.9 Å². The second kappa shape index (κ2) is 6.20. The molecular formula is C18H20N4O. The number of anilines is 1. The molecule has 0 saturated carbocycles. The number of rotatable bonds is 4. The first kappa shape index (κ1) is 15.2. The van der Waals surface area contributed by atoms with E-state index in [-0.39, 0.29) is 5.91 Å². The summed E-state index contributed by atoms with van der Waals surface area (Å²) in [7, 11) is 0. The van der Waals surface area contributed by atoms with Crippen LogP contribution in [0.5, 0.6) is 0 Å². The Hall–Kier alpha value is -2.69. The molecule has 118 valence electrons. The molecule has 23 heavy (non-hydrogen) atoms. The van der Waals surface area contributed by atoms with Crippen LogP contribution in [0.3, 0.4) is 0 Å². The first-order valence-electron chi connectivity index (χ1n) is 7.84. The third kappa shape index (κ3) is 3.23. The standard InChI is InChI=1S/C18H20N4O/c1-4-18(23)19-14-7-10-16-17(11-14)21-22(20-16)15-8-5-13(6-9-15)12(2)3/h5-12H,4H2,1-3H3,(H,19,23). The molecule has 0 atom stereocenters. The maximum Gasteiger partial charge on any atom is 0.224 e. The van der Waals surface area contributed by atoms with E-state index in [4.69, 9.17) is 0 Å². The van der Waals surface area contributed by atoms with E-state index in [1.165, 1.54) is 5.56 Å². The fraction of sp³-hybridized carbons (Fsp3) is 0.278. The molecule has 0 aliphatic heterocycles. The van der Waals surface area contributed by atoms with Gasteiger partial charge in [0.2, 0.25) is 5.91 Å². The van der Waals surface area contributed by atoms with E-state index in [1.54, 1.807) is 4.80 Å². The van der Waals surface area contributed by atoms with Crippen molar-refractivity contribution in [1.29, 1.82) is 0 Å². The van der Waals surface area contributed by atoms with Crippen LogP contribution in [0.2, 0.25) is 0 Å². The van der Waals surface area contributed by atoms with Crippen LogP contribution in [0, 0.1) is 0 Å². The van der Waals surface area contributed by atoms with Gasteiger partial charge in [0, 0.05) is 12.1 Å². The number of nitrogens with zero attached hydrogens (tertiary/aromatic N) is 3. The molecule has 1 aromatic heterocycles. The average molecular weight is 308 g/mol. The lowest BCUT2D eigenvalue weighted by atomic mass is 10.0. The molecule has 0 aliphatic rings. The monoisotopic (exact) mass is 308 g/mol. The summed E-state index contributed by atoms with van der Waals surface area (Å²) in [5.41, 5.74) is 4.51. The minimum absolute atomic E-state index is 0.0129. The summed E-state index contributed by atoms with van der Waals surface area (Å²) in [6, 6.07) is 13.8. The zero-order valence-electron chi connectivity index (χ0n) is 13.6. The Kier molecular flexibility index (Phi) is 4.10. The van der Waals surface area contributed by atoms with Gasteiger partial charge in [-0.2, -0.15) is 4.80 Å². The number of benzene rings is 2. The minimum Gasteiger partial charge on any atom is -0.326 e. The van der Waals surface area contributed by atoms with Crippen molar-refractivity contribution in [2.45, 2.75) is 33.1 Å². The van der Waals surface area contributed by atoms with Gasteiger partial charge < -0.3 is 5.32 Å². The number of hydrogen-bond acceptors (Lipinski definition) is 3. The molecule has 5 nitrogen and oxygen atoms in total. The van der Waals surface area contributed by atoms with Crippen molar-refractivity contribution in [1.82, 2.24) is 15.0 Å². The Balaban J connectivity index is 1.91. The van der Waals surface area contributed by atoms with Crippen molar-refractivity contribution < 1.29 is 4.79 Å². The van der Waals surface area contributed by atoms with Gasteiger partial charge in [0.1, 0.15) is 11.0 Å². The molecule has 1 amide bonds. The van der Waals surface area contributed by atoms with Gasteiger partial charge in [0.05, 0.1) is 5.69 Å². The normalized spacial score (nSPS) is 11.1. The first-order chi connectivity index (χ1) is 11.1. The zero-order chi connectivity index (χ0) is 16.4. The number of fused-ring (bicyclic) bond motifs is 1. The van der Waals surface area contributed by atoms with E-state index in [2.05, 4.69) is 41.5 Å². The molecule has 0 unspecified atom stereocenters. The summed E-state index contributed by atoms with van der Waals surface area (Å²) in [4.78, 5) is 13.1. The van der Waals surface area contributed by atoms with Crippen molar-refractivity contribution in [3.8, 4) is 5.69 Å². The third-order valence-corrected chi connectivity index (χ3v) is 3.78. The van der Waals surface area contributed by atoms with Crippen molar-refractivity contribution >= 4 is 22.6 Å². The van der Waals surface area contributed by atoms with E-state index in [0.717, 1.165) is 22.4 Å². The maximum absolute atomic E-state index is 11.5. The Labute approximate surface area is 135 Å². The smallest absolute Gasteiger partial charge is 0.224 e. The van der Waals surface area contributed by atoms with Crippen LogP contribution in [0.1, 0.15) is 38.7 Å². The van der Waals surface area contributed by atoms with E-state index in [9.17, 15) is 4.79 Å². The second-order valence-electron chi connectivity index (χ2n) is 5.84. The summed E-state index contributed by atoms with van der Waals surface area (Å²) < 4.78 is 0. The molecule has 3 rings (SSSR count). The molecule has 1 heterocycles. The largest absolute Gasteiger partial charge is 0.326 e. The van der Waals surface area contributed by atoms with Crippen molar-refractivity contribution in [3.63, 3.8) is 0 Å². The SMILES string of the molecule is CCC(=O)Nc1ccc2nn(-c3ccc(C(C)C)cc3)nc2c1. The minimum atomic E-state index is -0.0129. The summed E-state index contributed by atoms with van der Waals surface area (Å²) >= 11 is 0. The van der Waals surface area contributed by atoms with E-state index < -0.39 is 0 Å². The number of carbonyl (C=O) groups is 1. The molecule has 0 saturated heterocycles. The van der Waals surface area contributed by atoms with Gasteiger partial charge in [-0.3, -0.25) is 4.79 Å². The molecular weight excluding hydrogens is 288 g/mol. The highest BCUT2D eigenvalue weighted by Crippen LogP contribution is 2.19. The number of aromatic nitrogens is 3. The highest BCUT2D eigenvalue weighted by Gasteiger charge is 2.07. The summed E-state index contributed by atoms with van der Waals surface area (Å²) in [6.07, 6.45) is 0.451. The molecule has 3 aromatic rings. The lowest BCUT2D eigenvalue weighted by Crippen LogP contribution is -2.09. The van der Waals surface area contributed by atoms with E-state index in [0.29, 0.717) is 12.3 Å². The number of amides is 1. The van der Waals surface area contributed by atoms with Crippen LogP contribution >= 0.6 is 0 Å². The topological polar surface area (TPSA) is 59.8 Å². The van der Waals surface area contributed by atoms with Crippen LogP contribution in [0.25, 0.3) is 16.7 Å². The molecule has 0 bridgehead atoms. The van der Waals surface area contributed by atoms with Crippen LogP contribution < -0.4 is 5.32 Å². The van der Waals surface area contributed by atoms with E-state index in [1.807, 2.05) is 37.3 Å². The highest BCUT2D eigenvalue weighted by atomic mass is 16.1. The molecule has 5 heteroatoms. The Morgan fingerprint density at radius 1 is 1.09 bits per heavy atom. The molecule has 0 aliphatic carbocycles. The van der Waals surface area contributed by atoms with E-state index >= 15 is 0 Å².